The van der Waals surface area contributed by atoms with E-state index in [1.165, 1.54) is 9.21 Å². The fourth-order valence-electron chi connectivity index (χ4n) is 3.67. The van der Waals surface area contributed by atoms with Crippen molar-refractivity contribution in [2.24, 2.45) is 5.92 Å². The second-order valence-corrected chi connectivity index (χ2v) is 11.5. The van der Waals surface area contributed by atoms with Gasteiger partial charge in [-0.05, 0) is 49.4 Å². The third kappa shape index (κ3) is 8.54. The lowest BCUT2D eigenvalue weighted by Crippen LogP contribution is -2.48. The topological polar surface area (TPSA) is 86.8 Å². The highest BCUT2D eigenvalue weighted by Gasteiger charge is 2.27. The van der Waals surface area contributed by atoms with Crippen LogP contribution in [0.4, 0.5) is 5.69 Å². The van der Waals surface area contributed by atoms with Gasteiger partial charge in [0.2, 0.25) is 21.8 Å². The van der Waals surface area contributed by atoms with Gasteiger partial charge in [0.05, 0.1) is 11.9 Å². The maximum atomic E-state index is 13.3. The molecular weight excluding hydrogens is 486 g/mol. The normalized spacial score (nSPS) is 12.3. The predicted molar refractivity (Wildman–Crippen MR) is 142 cm³/mol. The molecular formula is C26H36ClN3O4S. The Balaban J connectivity index is 2.18. The summed E-state index contributed by atoms with van der Waals surface area (Å²) in [7, 11) is -3.53. The minimum Gasteiger partial charge on any atom is -0.354 e. The van der Waals surface area contributed by atoms with E-state index < -0.39 is 16.1 Å². The summed E-state index contributed by atoms with van der Waals surface area (Å²) in [6.45, 7) is 8.39. The maximum absolute atomic E-state index is 13.3. The summed E-state index contributed by atoms with van der Waals surface area (Å²) < 4.78 is 26.2. The SMILES string of the molecule is Cc1ccccc1N(CCCC(=O)N(Cc1ccccc1Cl)C(C)C(=O)NCC(C)C)S(C)(=O)=O. The summed E-state index contributed by atoms with van der Waals surface area (Å²) >= 11 is 6.33. The van der Waals surface area contributed by atoms with Crippen LogP contribution in [-0.4, -0.2) is 50.5 Å². The number of benzene rings is 2. The summed E-state index contributed by atoms with van der Waals surface area (Å²) in [6.07, 6.45) is 1.55. The number of para-hydroxylation sites is 1. The number of amides is 2. The quantitative estimate of drug-likeness (QED) is 0.449. The van der Waals surface area contributed by atoms with Crippen LogP contribution in [0.15, 0.2) is 48.5 Å². The highest BCUT2D eigenvalue weighted by Crippen LogP contribution is 2.23. The van der Waals surface area contributed by atoms with Gasteiger partial charge in [-0.2, -0.15) is 0 Å². The van der Waals surface area contributed by atoms with Gasteiger partial charge in [-0.25, -0.2) is 8.42 Å². The molecule has 0 fully saturated rings. The van der Waals surface area contributed by atoms with Crippen molar-refractivity contribution < 1.29 is 18.0 Å². The zero-order chi connectivity index (χ0) is 26.2. The molecule has 2 rings (SSSR count). The van der Waals surface area contributed by atoms with E-state index in [1.807, 2.05) is 51.1 Å². The van der Waals surface area contributed by atoms with E-state index >= 15 is 0 Å². The third-order valence-corrected chi connectivity index (χ3v) is 7.24. The standard InChI is InChI=1S/C26H36ClN3O4S/c1-19(2)17-28-26(32)21(4)29(18-22-12-7-8-13-23(22)27)25(31)15-10-16-30(35(5,33)34)24-14-9-6-11-20(24)3/h6-9,11-14,19,21H,10,15-18H2,1-5H3,(H,28,32). The first-order valence-corrected chi connectivity index (χ1v) is 14.0. The zero-order valence-electron chi connectivity index (χ0n) is 21.1. The Morgan fingerprint density at radius 3 is 2.26 bits per heavy atom. The number of carbonyl (C=O) groups excluding carboxylic acids is 2. The number of nitrogens with one attached hydrogen (secondary N) is 1. The number of rotatable bonds is 12. The van der Waals surface area contributed by atoms with Crippen LogP contribution in [0.2, 0.25) is 5.02 Å². The number of hydrogen-bond acceptors (Lipinski definition) is 4. The molecule has 0 saturated heterocycles. The molecule has 0 spiro atoms. The van der Waals surface area contributed by atoms with Crippen LogP contribution in [0.3, 0.4) is 0 Å². The number of hydrogen-bond donors (Lipinski definition) is 1. The smallest absolute Gasteiger partial charge is 0.242 e. The van der Waals surface area contributed by atoms with Gasteiger partial charge in [0.1, 0.15) is 6.04 Å². The van der Waals surface area contributed by atoms with Gasteiger partial charge in [-0.15, -0.1) is 0 Å². The monoisotopic (exact) mass is 521 g/mol. The Labute approximate surface area is 214 Å². The van der Waals surface area contributed by atoms with Gasteiger partial charge in [-0.1, -0.05) is 61.8 Å². The molecule has 0 aliphatic heterocycles. The van der Waals surface area contributed by atoms with Crippen molar-refractivity contribution in [1.29, 1.82) is 0 Å². The highest BCUT2D eigenvalue weighted by molar-refractivity contribution is 7.92. The molecule has 192 valence electrons. The average Bonchev–Trinajstić information content (AvgIpc) is 2.79. The first-order valence-electron chi connectivity index (χ1n) is 11.8. The fraction of sp³-hybridized carbons (Fsp3) is 0.462. The Hall–Kier alpha value is -2.58. The molecule has 2 aromatic carbocycles. The number of aryl methyl sites for hydroxylation is 1. The van der Waals surface area contributed by atoms with Crippen molar-refractivity contribution >= 4 is 39.1 Å². The van der Waals surface area contributed by atoms with Gasteiger partial charge in [0, 0.05) is 31.1 Å². The van der Waals surface area contributed by atoms with Crippen molar-refractivity contribution in [3.8, 4) is 0 Å². The summed E-state index contributed by atoms with van der Waals surface area (Å²) in [5.74, 6) is -0.200. The van der Waals surface area contributed by atoms with E-state index in [0.29, 0.717) is 23.7 Å². The van der Waals surface area contributed by atoms with Crippen LogP contribution in [0, 0.1) is 12.8 Å². The van der Waals surface area contributed by atoms with Crippen molar-refractivity contribution in [1.82, 2.24) is 10.2 Å². The van der Waals surface area contributed by atoms with E-state index in [-0.39, 0.29) is 37.2 Å². The molecule has 0 saturated carbocycles. The van der Waals surface area contributed by atoms with Gasteiger partial charge < -0.3 is 10.2 Å². The van der Waals surface area contributed by atoms with Gasteiger partial charge >= 0.3 is 0 Å². The molecule has 9 heteroatoms. The van der Waals surface area contributed by atoms with Crippen LogP contribution < -0.4 is 9.62 Å². The first-order chi connectivity index (χ1) is 16.4. The third-order valence-electron chi connectivity index (χ3n) is 5.69. The van der Waals surface area contributed by atoms with Gasteiger partial charge in [0.15, 0.2) is 0 Å². The summed E-state index contributed by atoms with van der Waals surface area (Å²) in [5, 5.41) is 3.40. The lowest BCUT2D eigenvalue weighted by Gasteiger charge is -2.30. The van der Waals surface area contributed by atoms with Crippen LogP contribution in [-0.2, 0) is 26.2 Å². The van der Waals surface area contributed by atoms with Gasteiger partial charge in [0.25, 0.3) is 0 Å². The molecule has 0 radical (unpaired) electrons. The molecule has 2 aromatic rings. The molecule has 1 atom stereocenters. The van der Waals surface area contributed by atoms with Crippen molar-refractivity contribution in [2.75, 3.05) is 23.7 Å². The molecule has 0 aromatic heterocycles. The zero-order valence-corrected chi connectivity index (χ0v) is 22.7. The number of anilines is 1. The maximum Gasteiger partial charge on any atom is 0.242 e. The summed E-state index contributed by atoms with van der Waals surface area (Å²) in [4.78, 5) is 27.6. The second-order valence-electron chi connectivity index (χ2n) is 9.15. The highest BCUT2D eigenvalue weighted by atomic mass is 35.5. The fourth-order valence-corrected chi connectivity index (χ4v) is 4.89. The average molecular weight is 522 g/mol. The van der Waals surface area contributed by atoms with Crippen LogP contribution in [0.1, 0.15) is 44.7 Å². The Morgan fingerprint density at radius 2 is 1.66 bits per heavy atom. The number of carbonyl (C=O) groups is 2. The lowest BCUT2D eigenvalue weighted by molar-refractivity contribution is -0.140. The van der Waals surface area contributed by atoms with Crippen LogP contribution >= 0.6 is 11.6 Å². The van der Waals surface area contributed by atoms with Crippen LogP contribution in [0.5, 0.6) is 0 Å². The second kappa shape index (κ2) is 12.9. The first kappa shape index (κ1) is 28.7. The van der Waals surface area contributed by atoms with E-state index in [4.69, 9.17) is 11.6 Å². The Morgan fingerprint density at radius 1 is 1.03 bits per heavy atom. The number of nitrogens with zero attached hydrogens (tertiary/aromatic N) is 2. The summed E-state index contributed by atoms with van der Waals surface area (Å²) in [6, 6.07) is 13.7. The number of halogens is 1. The minimum atomic E-state index is -3.53. The molecule has 0 bridgehead atoms. The molecule has 35 heavy (non-hydrogen) atoms. The summed E-state index contributed by atoms with van der Waals surface area (Å²) in [5.41, 5.74) is 2.17. The lowest BCUT2D eigenvalue weighted by atomic mass is 10.1. The molecule has 0 aliphatic rings. The molecule has 0 aliphatic carbocycles. The van der Waals surface area contributed by atoms with E-state index in [1.54, 1.807) is 25.1 Å². The molecule has 1 N–H and O–H groups in total. The van der Waals surface area contributed by atoms with Crippen LogP contribution in [0.25, 0.3) is 0 Å². The Kier molecular flexibility index (Phi) is 10.6. The molecule has 2 amide bonds. The van der Waals surface area contributed by atoms with Crippen molar-refractivity contribution in [3.63, 3.8) is 0 Å². The predicted octanol–water partition coefficient (Wildman–Crippen LogP) is 4.38. The van der Waals surface area contributed by atoms with E-state index in [0.717, 1.165) is 17.4 Å². The molecule has 1 unspecified atom stereocenters. The minimum absolute atomic E-state index is 0.0875. The molecule has 7 nitrogen and oxygen atoms in total. The largest absolute Gasteiger partial charge is 0.354 e. The van der Waals surface area contributed by atoms with Crippen molar-refractivity contribution in [3.05, 3.63) is 64.7 Å². The van der Waals surface area contributed by atoms with E-state index in [9.17, 15) is 18.0 Å². The molecule has 0 heterocycles. The van der Waals surface area contributed by atoms with E-state index in [2.05, 4.69) is 5.32 Å². The van der Waals surface area contributed by atoms with Crippen molar-refractivity contribution in [2.45, 2.75) is 53.1 Å². The number of sulfonamides is 1. The van der Waals surface area contributed by atoms with Gasteiger partial charge in [-0.3, -0.25) is 13.9 Å². The Bertz CT molecular complexity index is 1120.